The number of hydrogen-bond donors (Lipinski definition) is 1. The molecule has 0 saturated heterocycles. The Hall–Kier alpha value is 16.5. The van der Waals surface area contributed by atoms with Crippen molar-refractivity contribution in [2.24, 2.45) is 46.3 Å². The molecular formula is C74H90F4I30O7S2. The van der Waals surface area contributed by atoms with Crippen LogP contribution in [0.3, 0.4) is 0 Å². The van der Waals surface area contributed by atoms with Crippen molar-refractivity contribution in [1.29, 1.82) is 0 Å². The fourth-order valence-electron chi connectivity index (χ4n) is 15.2. The van der Waals surface area contributed by atoms with E-state index in [1.165, 1.54) is 62.8 Å². The molecule has 8 bridgehead atoms. The zero-order valence-corrected chi connectivity index (χ0v) is 130. The third kappa shape index (κ3) is 39.6. The number of carbonyl (C=O) groups is 2. The number of alkyl halides is 4. The summed E-state index contributed by atoms with van der Waals surface area (Å²) in [4.78, 5) is 31.2. The second-order valence-corrected chi connectivity index (χ2v) is 650. The normalized spacial score (nSPS) is 23.7. The molecule has 5 atom stereocenters. The minimum absolute atomic E-state index is 0.0336. The molecule has 14 rings (SSSR count). The zero-order valence-electron chi connectivity index (χ0n) is 63.8. The van der Waals surface area contributed by atoms with E-state index in [0.29, 0.717) is 65.4 Å². The molecule has 6 aromatic rings. The third-order valence-corrected chi connectivity index (χ3v) is 1840. The Balaban J connectivity index is 0.000000196. The van der Waals surface area contributed by atoms with Crippen LogP contribution in [-0.4, -0.2) is 67.2 Å². The maximum atomic E-state index is 13.2. The number of ether oxygens (including phenoxy) is 4. The number of halogens is 34. The summed E-state index contributed by atoms with van der Waals surface area (Å²) in [6, 6.07) is 53.6. The van der Waals surface area contributed by atoms with Gasteiger partial charge in [-0.2, -0.15) is 17.6 Å². The fourth-order valence-corrected chi connectivity index (χ4v) is 3790. The number of carbonyl (C=O) groups excluding carboxylic acids is 2. The van der Waals surface area contributed by atoms with Gasteiger partial charge in [-0.15, -0.1) is 0 Å². The molecule has 8 fully saturated rings. The summed E-state index contributed by atoms with van der Waals surface area (Å²) in [5.74, 6) is -7.74. The van der Waals surface area contributed by atoms with Gasteiger partial charge < -0.3 is 24.1 Å². The molecule has 0 spiro atoms. The molecule has 6 aromatic carbocycles. The van der Waals surface area contributed by atoms with Crippen LogP contribution in [0.5, 0.6) is 0 Å². The van der Waals surface area contributed by atoms with Gasteiger partial charge in [-0.3, -0.25) is 0 Å². The second-order valence-electron chi connectivity index (χ2n) is 28.5. The van der Waals surface area contributed by atoms with Crippen molar-refractivity contribution in [2.45, 2.75) is 193 Å². The average Bonchev–Trinajstić information content (AvgIpc) is 0.737. The second kappa shape index (κ2) is 60.5. The standard InChI is InChI=1S/2C21H21S.C18H28F2O4.C14H20F2O3.I17.I13/c2*1-16-4-10-19(11-5-16)22(20-12-6-17(2)7-13-20)21-14-8-18(3)9-15-21;1-4-22-11(2)23-10-18-7-12-5-13(8-18)15(14(6-12)9-18)24-16(21)17(3,19)20;1-13(15,16)12(18)19-11-9-2-8-3-10(11)6-14(4-8,5-9)7-17;1-10-12(4)14(6)16(8)17(9)15(7)13(5)11(2)3;1-8-10(4)12(6)13(7)11(5)9(2)3/h2*4-15H,1-3H3;11-15H,4-10H2,1-3H3;8-11,17H,2-7H2,1H3;;/q2*+1;;;2*-1. The molecule has 43 heteroatoms. The van der Waals surface area contributed by atoms with Gasteiger partial charge >= 0.3 is 443 Å². The van der Waals surface area contributed by atoms with Crippen LogP contribution >= 0.6 is 393 Å². The van der Waals surface area contributed by atoms with E-state index in [0.717, 1.165) is 64.2 Å². The van der Waals surface area contributed by atoms with Crippen molar-refractivity contribution < 1.29 is 77.7 Å². The molecule has 7 nitrogen and oxygen atoms in total. The molecule has 0 aromatic heterocycles. The first kappa shape index (κ1) is 120. The topological polar surface area (TPSA) is 91.3 Å². The predicted molar refractivity (Wildman–Crippen MR) is 731 cm³/mol. The van der Waals surface area contributed by atoms with Crippen molar-refractivity contribution in [3.8, 4) is 0 Å². The molecule has 8 aliphatic carbocycles. The monoisotopic (exact) mass is 5040 g/mol. The first-order valence-corrected chi connectivity index (χ1v) is 214. The van der Waals surface area contributed by atoms with Gasteiger partial charge in [0, 0.05) is 27.1 Å². The first-order valence-electron chi connectivity index (χ1n) is 35.2. The van der Waals surface area contributed by atoms with Crippen LogP contribution < -0.4 is 26.5 Å². The van der Waals surface area contributed by atoms with Gasteiger partial charge in [-0.25, -0.2) is 9.59 Å². The van der Waals surface area contributed by atoms with Gasteiger partial charge in [0.25, 0.3) is 0 Å². The molecular weight excluding hydrogens is 4950 g/mol. The Kier molecular flexibility index (Phi) is 62.3. The van der Waals surface area contributed by atoms with Crippen molar-refractivity contribution in [1.82, 2.24) is 0 Å². The van der Waals surface area contributed by atoms with Crippen molar-refractivity contribution in [2.75, 3.05) is 19.8 Å². The predicted octanol–water partition coefficient (Wildman–Crippen LogP) is 36.4. The first-order chi connectivity index (χ1) is 55.0. The maximum absolute atomic E-state index is 13.2. The summed E-state index contributed by atoms with van der Waals surface area (Å²) in [5.41, 5.74) is 7.90. The Labute approximate surface area is 914 Å². The van der Waals surface area contributed by atoms with Crippen LogP contribution in [-0.2, 0) is 50.3 Å². The van der Waals surface area contributed by atoms with Crippen LogP contribution in [0.4, 0.5) is 17.6 Å². The van der Waals surface area contributed by atoms with Crippen LogP contribution in [0.15, 0.2) is 175 Å². The zero-order chi connectivity index (χ0) is 86.8. The molecule has 678 valence electrons. The van der Waals surface area contributed by atoms with Gasteiger partial charge in [-0.1, -0.05) is 106 Å². The van der Waals surface area contributed by atoms with E-state index in [4.69, 9.17) is 18.9 Å². The van der Waals surface area contributed by atoms with Crippen LogP contribution in [0.25, 0.3) is 0 Å². The van der Waals surface area contributed by atoms with E-state index >= 15 is 0 Å². The molecule has 0 radical (unpaired) electrons. The number of aliphatic hydroxyl groups is 1. The van der Waals surface area contributed by atoms with Gasteiger partial charge in [0.2, 0.25) is 0 Å². The average molecular weight is 5040 g/mol. The number of aliphatic hydroxyl groups excluding tert-OH is 1. The van der Waals surface area contributed by atoms with Crippen LogP contribution in [0, 0.1) is 87.9 Å². The summed E-state index contributed by atoms with van der Waals surface area (Å²) in [6.07, 6.45) is 8.49. The fraction of sp³-hybridized carbons (Fsp3) is 0.486. The van der Waals surface area contributed by atoms with Crippen molar-refractivity contribution in [3.05, 3.63) is 179 Å². The minimum atomic E-state index is -3.41. The number of benzene rings is 6. The van der Waals surface area contributed by atoms with Gasteiger partial charge in [0.05, 0.1) is 28.4 Å². The van der Waals surface area contributed by atoms with Crippen LogP contribution in [0.2, 0.25) is 0 Å². The van der Waals surface area contributed by atoms with E-state index in [2.05, 4.69) is 485 Å². The Morgan fingerprint density at radius 3 is 0.897 bits per heavy atom. The van der Waals surface area contributed by atoms with Gasteiger partial charge in [-0.05, 0) is 239 Å². The molecule has 0 heterocycles. The molecule has 8 saturated carbocycles. The van der Waals surface area contributed by atoms with E-state index in [9.17, 15) is 32.3 Å². The number of esters is 2. The summed E-state index contributed by atoms with van der Waals surface area (Å²) >= 11 is 48.6. The molecule has 1 N–H and O–H groups in total. The third-order valence-electron chi connectivity index (χ3n) is 19.6. The number of aryl methyl sites for hydroxylation is 6. The summed E-state index contributed by atoms with van der Waals surface area (Å²) in [5, 5.41) is 9.60. The molecule has 117 heavy (non-hydrogen) atoms. The summed E-state index contributed by atoms with van der Waals surface area (Å²) < 4.78 is 74.0. The Morgan fingerprint density at radius 2 is 0.658 bits per heavy atom. The van der Waals surface area contributed by atoms with E-state index in [-0.39, 0.29) is 168 Å². The summed E-state index contributed by atoms with van der Waals surface area (Å²) in [7, 11) is -4.12. The van der Waals surface area contributed by atoms with Crippen molar-refractivity contribution >= 4 is 426 Å². The molecule has 0 amide bonds. The van der Waals surface area contributed by atoms with Gasteiger partial charge in [0.15, 0.2) is 35.7 Å². The van der Waals surface area contributed by atoms with E-state index in [1.807, 2.05) is 13.8 Å². The quantitative estimate of drug-likeness (QED) is 0.0172. The SMILES string of the molecule is CC(F)(F)C(=O)OC1C2CC3CC1CC(CO)(C3)C2.CCOC(C)OCC12CC3CC(C1)C(OC(=O)C(C)(F)F)C(C3)C2.Cc1ccc([S+](c2ccc(C)cc2)c2ccc(C)cc2)cc1.Cc1ccc([S+](c2ccc(C)cc2)c2ccc(C)cc2)cc1.I[I-]I(I)I(I)I(I)I(I)I(I)I.I[I-]I(I)I(I)I(I)I(I)I(I)I(I)I(I)I. The van der Waals surface area contributed by atoms with Gasteiger partial charge in [0.1, 0.15) is 12.2 Å². The van der Waals surface area contributed by atoms with E-state index in [1.54, 1.807) is 0 Å². The Bertz CT molecular complexity index is 3620. The van der Waals surface area contributed by atoms with E-state index < -0.39 is 31.7 Å². The molecule has 5 unspecified atom stereocenters. The molecule has 8 aliphatic rings. The number of hydrogen-bond acceptors (Lipinski definition) is 7. The molecule has 0 aliphatic heterocycles. The number of rotatable bonds is 28. The summed E-state index contributed by atoms with van der Waals surface area (Å²) in [6.45, 7) is 19.3. The van der Waals surface area contributed by atoms with Crippen molar-refractivity contribution in [3.63, 3.8) is 0 Å². The Morgan fingerprint density at radius 1 is 0.419 bits per heavy atom. The van der Waals surface area contributed by atoms with Crippen LogP contribution in [0.1, 0.15) is 125 Å².